The van der Waals surface area contributed by atoms with Gasteiger partial charge in [0.2, 0.25) is 5.91 Å². The van der Waals surface area contributed by atoms with E-state index in [-0.39, 0.29) is 17.6 Å². The highest BCUT2D eigenvalue weighted by molar-refractivity contribution is 5.78. The second-order valence-corrected chi connectivity index (χ2v) is 8.04. The molecule has 0 aliphatic carbocycles. The lowest BCUT2D eigenvalue weighted by Crippen LogP contribution is -2.46. The Kier molecular flexibility index (Phi) is 6.06. The molecule has 0 aromatic heterocycles. The van der Waals surface area contributed by atoms with E-state index in [0.717, 1.165) is 31.5 Å². The zero-order chi connectivity index (χ0) is 19.3. The number of hydrogen-bond acceptors (Lipinski definition) is 2. The molecule has 28 heavy (non-hydrogen) atoms. The smallest absolute Gasteiger partial charge is 0.223 e. The summed E-state index contributed by atoms with van der Waals surface area (Å²) < 4.78 is 14.5. The van der Waals surface area contributed by atoms with Crippen molar-refractivity contribution >= 4 is 5.91 Å². The maximum absolute atomic E-state index is 14.5. The van der Waals surface area contributed by atoms with Gasteiger partial charge in [-0.2, -0.15) is 0 Å². The zero-order valence-electron chi connectivity index (χ0n) is 16.4. The van der Waals surface area contributed by atoms with Crippen LogP contribution in [-0.4, -0.2) is 47.9 Å². The Morgan fingerprint density at radius 2 is 1.57 bits per heavy atom. The van der Waals surface area contributed by atoms with Gasteiger partial charge in [0.15, 0.2) is 0 Å². The third kappa shape index (κ3) is 4.27. The second kappa shape index (κ2) is 8.87. The van der Waals surface area contributed by atoms with E-state index in [4.69, 9.17) is 0 Å². The maximum atomic E-state index is 14.5. The summed E-state index contributed by atoms with van der Waals surface area (Å²) >= 11 is 0. The van der Waals surface area contributed by atoms with Gasteiger partial charge in [0.05, 0.1) is 0 Å². The van der Waals surface area contributed by atoms with E-state index in [2.05, 4.69) is 4.90 Å². The third-order valence-corrected chi connectivity index (χ3v) is 6.34. The first-order valence-electron chi connectivity index (χ1n) is 10.5. The fourth-order valence-electron chi connectivity index (χ4n) is 4.74. The summed E-state index contributed by atoms with van der Waals surface area (Å²) in [6.45, 7) is 4.06. The molecule has 0 radical (unpaired) electrons. The van der Waals surface area contributed by atoms with Crippen molar-refractivity contribution in [2.75, 3.05) is 26.2 Å². The number of amides is 1. The number of likely N-dealkylation sites (tertiary alicyclic amines) is 2. The normalized spacial score (nSPS) is 19.7. The van der Waals surface area contributed by atoms with Gasteiger partial charge in [0, 0.05) is 31.5 Å². The number of benzene rings is 2. The van der Waals surface area contributed by atoms with Gasteiger partial charge >= 0.3 is 0 Å². The molecular weight excluding hydrogens is 351 g/mol. The van der Waals surface area contributed by atoms with Gasteiger partial charge in [-0.25, -0.2) is 4.39 Å². The van der Waals surface area contributed by atoms with E-state index < -0.39 is 0 Å². The van der Waals surface area contributed by atoms with Crippen LogP contribution in [-0.2, 0) is 4.79 Å². The van der Waals surface area contributed by atoms with Crippen molar-refractivity contribution in [3.8, 4) is 0 Å². The first-order valence-corrected chi connectivity index (χ1v) is 10.5. The fraction of sp³-hybridized carbons (Fsp3) is 0.458. The monoisotopic (exact) mass is 380 g/mol. The van der Waals surface area contributed by atoms with Crippen LogP contribution in [0.15, 0.2) is 54.6 Å². The molecule has 0 unspecified atom stereocenters. The molecule has 2 aromatic rings. The van der Waals surface area contributed by atoms with Crippen molar-refractivity contribution in [3.05, 3.63) is 71.5 Å². The molecule has 1 amide bonds. The van der Waals surface area contributed by atoms with E-state index in [0.29, 0.717) is 18.0 Å². The van der Waals surface area contributed by atoms with Crippen LogP contribution in [0.25, 0.3) is 0 Å². The molecule has 0 saturated carbocycles. The number of nitrogens with zero attached hydrogens (tertiary/aromatic N) is 2. The molecule has 3 nitrogen and oxygen atoms in total. The number of hydrogen-bond donors (Lipinski definition) is 0. The van der Waals surface area contributed by atoms with Crippen molar-refractivity contribution in [1.29, 1.82) is 0 Å². The molecule has 2 aromatic carbocycles. The Hall–Kier alpha value is -2.20. The van der Waals surface area contributed by atoms with Crippen molar-refractivity contribution in [2.45, 2.75) is 44.1 Å². The largest absolute Gasteiger partial charge is 0.343 e. The molecular formula is C24H29FN2O. The Bertz CT molecular complexity index is 780. The summed E-state index contributed by atoms with van der Waals surface area (Å²) in [5, 5.41) is 0. The molecule has 2 saturated heterocycles. The van der Waals surface area contributed by atoms with Gasteiger partial charge < -0.3 is 9.80 Å². The maximum Gasteiger partial charge on any atom is 0.223 e. The number of carbonyl (C=O) groups is 1. The number of piperidine rings is 1. The van der Waals surface area contributed by atoms with Crippen molar-refractivity contribution in [1.82, 2.24) is 9.80 Å². The van der Waals surface area contributed by atoms with Crippen LogP contribution < -0.4 is 0 Å². The minimum absolute atomic E-state index is 0.136. The van der Waals surface area contributed by atoms with Gasteiger partial charge in [-0.05, 0) is 56.0 Å². The zero-order valence-corrected chi connectivity index (χ0v) is 16.4. The van der Waals surface area contributed by atoms with Crippen LogP contribution >= 0.6 is 0 Å². The lowest BCUT2D eigenvalue weighted by atomic mass is 9.87. The van der Waals surface area contributed by atoms with Crippen LogP contribution in [0.3, 0.4) is 0 Å². The average Bonchev–Trinajstić information content (AvgIpc) is 3.28. The fourth-order valence-corrected chi connectivity index (χ4v) is 4.74. The first kappa shape index (κ1) is 19.1. The highest BCUT2D eigenvalue weighted by atomic mass is 19.1. The predicted molar refractivity (Wildman–Crippen MR) is 110 cm³/mol. The molecule has 2 aliphatic heterocycles. The number of halogens is 1. The molecule has 2 heterocycles. The Morgan fingerprint density at radius 1 is 0.929 bits per heavy atom. The summed E-state index contributed by atoms with van der Waals surface area (Å²) in [6, 6.07) is 17.3. The minimum Gasteiger partial charge on any atom is -0.343 e. The summed E-state index contributed by atoms with van der Waals surface area (Å²) in [6.07, 6.45) is 5.04. The number of rotatable bonds is 5. The van der Waals surface area contributed by atoms with Gasteiger partial charge in [-0.1, -0.05) is 48.5 Å². The van der Waals surface area contributed by atoms with Gasteiger partial charge in [0.25, 0.3) is 0 Å². The highest BCUT2D eigenvalue weighted by Crippen LogP contribution is 2.31. The SMILES string of the molecule is O=C(C[C@@H](c1ccccc1)c1ccccc1F)N1CCC(N2CCCC2)CC1. The lowest BCUT2D eigenvalue weighted by Gasteiger charge is -2.37. The summed E-state index contributed by atoms with van der Waals surface area (Å²) in [4.78, 5) is 17.7. The molecule has 0 bridgehead atoms. The topological polar surface area (TPSA) is 23.6 Å². The molecule has 4 rings (SSSR count). The molecule has 2 aliphatic rings. The molecule has 4 heteroatoms. The van der Waals surface area contributed by atoms with Crippen LogP contribution in [0.1, 0.15) is 49.1 Å². The lowest BCUT2D eigenvalue weighted by molar-refractivity contribution is -0.133. The second-order valence-electron chi connectivity index (χ2n) is 8.04. The molecule has 0 N–H and O–H groups in total. The predicted octanol–water partition coefficient (Wildman–Crippen LogP) is 4.43. The molecule has 2 fully saturated rings. The van der Waals surface area contributed by atoms with Gasteiger partial charge in [-0.15, -0.1) is 0 Å². The Balaban J connectivity index is 1.45. The van der Waals surface area contributed by atoms with Gasteiger partial charge in [-0.3, -0.25) is 4.79 Å². The minimum atomic E-state index is -0.244. The number of carbonyl (C=O) groups excluding carboxylic acids is 1. The van der Waals surface area contributed by atoms with E-state index in [1.807, 2.05) is 41.3 Å². The van der Waals surface area contributed by atoms with E-state index in [9.17, 15) is 9.18 Å². The van der Waals surface area contributed by atoms with Crippen molar-refractivity contribution in [3.63, 3.8) is 0 Å². The van der Waals surface area contributed by atoms with E-state index in [1.54, 1.807) is 12.1 Å². The van der Waals surface area contributed by atoms with E-state index in [1.165, 1.54) is 32.0 Å². The quantitative estimate of drug-likeness (QED) is 0.766. The molecule has 1 atom stereocenters. The van der Waals surface area contributed by atoms with Crippen molar-refractivity contribution in [2.24, 2.45) is 0 Å². The third-order valence-electron chi connectivity index (χ3n) is 6.34. The Labute approximate surface area is 167 Å². The molecule has 148 valence electrons. The average molecular weight is 381 g/mol. The molecule has 0 spiro atoms. The van der Waals surface area contributed by atoms with Gasteiger partial charge in [0.1, 0.15) is 5.82 Å². The highest BCUT2D eigenvalue weighted by Gasteiger charge is 2.30. The standard InChI is InChI=1S/C24H29FN2O/c25-23-11-5-4-10-21(23)22(19-8-2-1-3-9-19)18-24(28)27-16-12-20(13-17-27)26-14-6-7-15-26/h1-5,8-11,20,22H,6-7,12-18H2/t22-/m0/s1. The van der Waals surface area contributed by atoms with Crippen LogP contribution in [0.2, 0.25) is 0 Å². The summed E-state index contributed by atoms with van der Waals surface area (Å²) in [5.41, 5.74) is 1.60. The summed E-state index contributed by atoms with van der Waals surface area (Å²) in [5.74, 6) is -0.347. The van der Waals surface area contributed by atoms with Crippen molar-refractivity contribution < 1.29 is 9.18 Å². The van der Waals surface area contributed by atoms with Crippen LogP contribution in [0.4, 0.5) is 4.39 Å². The first-order chi connectivity index (χ1) is 13.7. The van der Waals surface area contributed by atoms with E-state index >= 15 is 0 Å². The Morgan fingerprint density at radius 3 is 2.25 bits per heavy atom. The van der Waals surface area contributed by atoms with Crippen LogP contribution in [0.5, 0.6) is 0 Å². The van der Waals surface area contributed by atoms with Crippen LogP contribution in [0, 0.1) is 5.82 Å². The summed E-state index contributed by atoms with van der Waals surface area (Å²) in [7, 11) is 0.